The molecule has 2 aromatic heterocycles. The van der Waals surface area contributed by atoms with E-state index in [1.54, 1.807) is 49.8 Å². The number of ketones is 1. The average molecular weight is 323 g/mol. The Labute approximate surface area is 139 Å². The van der Waals surface area contributed by atoms with Crippen LogP contribution < -0.4 is 0 Å². The molecule has 122 valence electrons. The standard InChI is InChI=1S/C18H17N3O3/c1-2-14(22)15-16(12-6-9-19-10-7-12)21(18(24)17(15)23)11-13-5-3-4-8-20-13/h3-10,16,23H,2,11H2,1H3. The summed E-state index contributed by atoms with van der Waals surface area (Å²) in [6, 6.07) is 8.27. The fraction of sp³-hybridized carbons (Fsp3) is 0.222. The van der Waals surface area contributed by atoms with Crippen LogP contribution in [0.15, 0.2) is 60.3 Å². The summed E-state index contributed by atoms with van der Waals surface area (Å²) in [6.07, 6.45) is 5.05. The van der Waals surface area contributed by atoms with Crippen molar-refractivity contribution in [2.24, 2.45) is 0 Å². The van der Waals surface area contributed by atoms with E-state index in [9.17, 15) is 14.7 Å². The molecule has 0 aliphatic carbocycles. The Hall–Kier alpha value is -3.02. The van der Waals surface area contributed by atoms with Crippen LogP contribution in [0, 0.1) is 0 Å². The minimum absolute atomic E-state index is 0.143. The highest BCUT2D eigenvalue weighted by Gasteiger charge is 2.42. The Morgan fingerprint density at radius 1 is 1.21 bits per heavy atom. The van der Waals surface area contributed by atoms with Crippen LogP contribution in [0.2, 0.25) is 0 Å². The van der Waals surface area contributed by atoms with E-state index in [0.717, 1.165) is 5.56 Å². The Kier molecular flexibility index (Phi) is 4.37. The molecule has 0 saturated heterocycles. The predicted octanol–water partition coefficient (Wildman–Crippen LogP) is 2.35. The van der Waals surface area contributed by atoms with Gasteiger partial charge in [-0.15, -0.1) is 0 Å². The number of pyridine rings is 2. The molecule has 1 aliphatic heterocycles. The molecule has 6 heteroatoms. The lowest BCUT2D eigenvalue weighted by atomic mass is 9.96. The number of hydrogen-bond donors (Lipinski definition) is 1. The Morgan fingerprint density at radius 2 is 1.96 bits per heavy atom. The maximum Gasteiger partial charge on any atom is 0.290 e. The molecule has 3 heterocycles. The minimum atomic E-state index is -0.630. The van der Waals surface area contributed by atoms with Gasteiger partial charge in [0.25, 0.3) is 5.91 Å². The molecule has 24 heavy (non-hydrogen) atoms. The van der Waals surface area contributed by atoms with Crippen LogP contribution >= 0.6 is 0 Å². The quantitative estimate of drug-likeness (QED) is 0.913. The zero-order valence-corrected chi connectivity index (χ0v) is 13.2. The first kappa shape index (κ1) is 15.9. The van der Waals surface area contributed by atoms with Crippen molar-refractivity contribution < 1.29 is 14.7 Å². The van der Waals surface area contributed by atoms with Crippen molar-refractivity contribution in [3.8, 4) is 0 Å². The number of Topliss-reactive ketones (excluding diaryl/α,β-unsaturated/α-hetero) is 1. The van der Waals surface area contributed by atoms with Crippen LogP contribution in [0.4, 0.5) is 0 Å². The van der Waals surface area contributed by atoms with E-state index in [2.05, 4.69) is 9.97 Å². The van der Waals surface area contributed by atoms with Crippen LogP contribution in [0.1, 0.15) is 30.6 Å². The fourth-order valence-corrected chi connectivity index (χ4v) is 2.85. The van der Waals surface area contributed by atoms with E-state index in [1.807, 2.05) is 6.07 Å². The lowest BCUT2D eigenvalue weighted by Crippen LogP contribution is -2.31. The molecule has 0 saturated carbocycles. The number of rotatable bonds is 5. The van der Waals surface area contributed by atoms with E-state index in [0.29, 0.717) is 5.69 Å². The van der Waals surface area contributed by atoms with Gasteiger partial charge in [0.05, 0.1) is 23.9 Å². The van der Waals surface area contributed by atoms with Crippen molar-refractivity contribution in [1.29, 1.82) is 0 Å². The van der Waals surface area contributed by atoms with Gasteiger partial charge in [0.1, 0.15) is 0 Å². The first-order valence-electron chi connectivity index (χ1n) is 7.70. The maximum atomic E-state index is 12.5. The van der Waals surface area contributed by atoms with Gasteiger partial charge in [-0.05, 0) is 29.8 Å². The molecule has 1 atom stereocenters. The SMILES string of the molecule is CCC(=O)C1=C(O)C(=O)N(Cc2ccccn2)C1c1ccncc1. The van der Waals surface area contributed by atoms with Crippen LogP contribution in [-0.4, -0.2) is 31.7 Å². The Morgan fingerprint density at radius 3 is 2.58 bits per heavy atom. The number of carbonyl (C=O) groups excluding carboxylic acids is 2. The van der Waals surface area contributed by atoms with Crippen molar-refractivity contribution in [2.45, 2.75) is 25.9 Å². The van der Waals surface area contributed by atoms with Gasteiger partial charge in [-0.2, -0.15) is 0 Å². The maximum absolute atomic E-state index is 12.5. The first-order valence-corrected chi connectivity index (χ1v) is 7.70. The van der Waals surface area contributed by atoms with Gasteiger partial charge < -0.3 is 10.0 Å². The summed E-state index contributed by atoms with van der Waals surface area (Å²) in [6.45, 7) is 1.91. The molecule has 1 unspecified atom stereocenters. The van der Waals surface area contributed by atoms with Gasteiger partial charge in [0.2, 0.25) is 0 Å². The second kappa shape index (κ2) is 6.62. The van der Waals surface area contributed by atoms with Crippen LogP contribution in [0.3, 0.4) is 0 Å². The van der Waals surface area contributed by atoms with Gasteiger partial charge in [0.15, 0.2) is 11.5 Å². The van der Waals surface area contributed by atoms with E-state index in [1.165, 1.54) is 4.90 Å². The third-order valence-corrected chi connectivity index (χ3v) is 4.01. The summed E-state index contributed by atoms with van der Waals surface area (Å²) in [5, 5.41) is 10.3. The molecular formula is C18H17N3O3. The number of aliphatic hydroxyl groups excluding tert-OH is 1. The first-order chi connectivity index (χ1) is 11.6. The normalized spacial score (nSPS) is 17.5. The van der Waals surface area contributed by atoms with Crippen molar-refractivity contribution in [3.63, 3.8) is 0 Å². The Bertz CT molecular complexity index is 788. The number of nitrogens with zero attached hydrogens (tertiary/aromatic N) is 3. The molecule has 1 aliphatic rings. The molecule has 0 bridgehead atoms. The molecule has 0 aromatic carbocycles. The minimum Gasteiger partial charge on any atom is -0.503 e. The smallest absolute Gasteiger partial charge is 0.290 e. The summed E-state index contributed by atoms with van der Waals surface area (Å²) in [5.41, 5.74) is 1.56. The monoisotopic (exact) mass is 323 g/mol. The largest absolute Gasteiger partial charge is 0.503 e. The van der Waals surface area contributed by atoms with Crippen molar-refractivity contribution in [2.75, 3.05) is 0 Å². The molecular weight excluding hydrogens is 306 g/mol. The molecule has 0 fully saturated rings. The molecule has 0 radical (unpaired) electrons. The summed E-state index contributed by atoms with van der Waals surface area (Å²) >= 11 is 0. The highest BCUT2D eigenvalue weighted by molar-refractivity contribution is 6.08. The van der Waals surface area contributed by atoms with E-state index in [4.69, 9.17) is 0 Å². The average Bonchev–Trinajstić information content (AvgIpc) is 2.87. The predicted molar refractivity (Wildman–Crippen MR) is 86.7 cm³/mol. The van der Waals surface area contributed by atoms with Crippen LogP contribution in [0.5, 0.6) is 0 Å². The third-order valence-electron chi connectivity index (χ3n) is 4.01. The van der Waals surface area contributed by atoms with Crippen molar-refractivity contribution >= 4 is 11.7 Å². The summed E-state index contributed by atoms with van der Waals surface area (Å²) in [5.74, 6) is -1.27. The van der Waals surface area contributed by atoms with E-state index < -0.39 is 17.7 Å². The highest BCUT2D eigenvalue weighted by Crippen LogP contribution is 2.38. The van der Waals surface area contributed by atoms with Crippen LogP contribution in [-0.2, 0) is 16.1 Å². The topological polar surface area (TPSA) is 83.4 Å². The number of hydrogen-bond acceptors (Lipinski definition) is 5. The van der Waals surface area contributed by atoms with E-state index >= 15 is 0 Å². The second-order valence-electron chi connectivity index (χ2n) is 5.48. The molecule has 1 N–H and O–H groups in total. The van der Waals surface area contributed by atoms with Gasteiger partial charge in [-0.25, -0.2) is 0 Å². The molecule has 3 rings (SSSR count). The summed E-state index contributed by atoms with van der Waals surface area (Å²) in [7, 11) is 0. The summed E-state index contributed by atoms with van der Waals surface area (Å²) in [4.78, 5) is 34.5. The number of amides is 1. The zero-order valence-electron chi connectivity index (χ0n) is 13.2. The Balaban J connectivity index is 2.04. The van der Waals surface area contributed by atoms with Gasteiger partial charge >= 0.3 is 0 Å². The lowest BCUT2D eigenvalue weighted by molar-refractivity contribution is -0.130. The molecule has 1 amide bonds. The molecule has 6 nitrogen and oxygen atoms in total. The molecule has 0 spiro atoms. The van der Waals surface area contributed by atoms with Gasteiger partial charge in [-0.3, -0.25) is 19.6 Å². The number of carbonyl (C=O) groups is 2. The van der Waals surface area contributed by atoms with Crippen molar-refractivity contribution in [3.05, 3.63) is 71.5 Å². The highest BCUT2D eigenvalue weighted by atomic mass is 16.3. The number of aromatic nitrogens is 2. The van der Waals surface area contributed by atoms with Crippen molar-refractivity contribution in [1.82, 2.24) is 14.9 Å². The summed E-state index contributed by atoms with van der Waals surface area (Å²) < 4.78 is 0. The zero-order chi connectivity index (χ0) is 17.1. The lowest BCUT2D eigenvalue weighted by Gasteiger charge is -2.26. The van der Waals surface area contributed by atoms with E-state index in [-0.39, 0.29) is 24.3 Å². The van der Waals surface area contributed by atoms with Gasteiger partial charge in [0, 0.05) is 25.0 Å². The van der Waals surface area contributed by atoms with Gasteiger partial charge in [-0.1, -0.05) is 13.0 Å². The number of aliphatic hydroxyl groups is 1. The third kappa shape index (κ3) is 2.78. The second-order valence-corrected chi connectivity index (χ2v) is 5.48. The molecule has 2 aromatic rings. The fourth-order valence-electron chi connectivity index (χ4n) is 2.85. The van der Waals surface area contributed by atoms with Crippen LogP contribution in [0.25, 0.3) is 0 Å².